The van der Waals surface area contributed by atoms with Gasteiger partial charge in [0.1, 0.15) is 67.3 Å². The molecule has 0 amide bonds. The molecule has 0 aromatic heterocycles. The van der Waals surface area contributed by atoms with Crippen molar-refractivity contribution >= 4 is 97.8 Å². The predicted octanol–water partition coefficient (Wildman–Crippen LogP) is 21.4. The molecule has 0 aromatic carbocycles. The minimum absolute atomic E-state index is 0.00515. The molecule has 24 nitrogen and oxygen atoms in total. The summed E-state index contributed by atoms with van der Waals surface area (Å²) in [5, 5.41) is 21.9. The second-order valence-corrected chi connectivity index (χ2v) is 53.6. The molecule has 1 saturated heterocycles. The average molecular weight is 2090 g/mol. The molecule has 141 heavy (non-hydrogen) atoms. The highest BCUT2D eigenvalue weighted by molar-refractivity contribution is 9.10. The number of hydrogen-bond acceptors (Lipinski definition) is 24. The van der Waals surface area contributed by atoms with E-state index < -0.39 is 10.4 Å². The van der Waals surface area contributed by atoms with E-state index in [1.54, 1.807) is 6.92 Å². The van der Waals surface area contributed by atoms with Crippen LogP contribution in [0.15, 0.2) is 34.9 Å². The van der Waals surface area contributed by atoms with Crippen molar-refractivity contribution in [1.82, 2.24) is 0 Å². The Morgan fingerprint density at radius 2 is 0.674 bits per heavy atom. The molecule has 0 radical (unpaired) electrons. The van der Waals surface area contributed by atoms with Crippen molar-refractivity contribution in [3.05, 3.63) is 34.9 Å². The molecule has 1 heterocycles. The summed E-state index contributed by atoms with van der Waals surface area (Å²) in [5.74, 6) is 6.43. The summed E-state index contributed by atoms with van der Waals surface area (Å²) in [6.45, 7) is 32.5. The van der Waals surface area contributed by atoms with Crippen LogP contribution in [-0.4, -0.2) is 171 Å². The van der Waals surface area contributed by atoms with E-state index in [0.717, 1.165) is 231 Å². The van der Waals surface area contributed by atoms with Gasteiger partial charge in [-0.15, -0.1) is 0 Å². The number of carbonyl (C=O) groups is 11. The zero-order valence-corrected chi connectivity index (χ0v) is 90.9. The third-order valence-corrected chi connectivity index (χ3v) is 47.8. The maximum Gasteiger partial charge on any atom is 0.302 e. The van der Waals surface area contributed by atoms with Crippen molar-refractivity contribution in [1.29, 1.82) is 0 Å². The van der Waals surface area contributed by atoms with Gasteiger partial charge in [0.25, 0.3) is 0 Å². The van der Waals surface area contributed by atoms with Gasteiger partial charge in [0.15, 0.2) is 0 Å². The molecule has 20 aliphatic carbocycles. The van der Waals surface area contributed by atoms with Crippen LogP contribution in [0.4, 0.5) is 0 Å². The molecule has 786 valence electrons. The lowest BCUT2D eigenvalue weighted by molar-refractivity contribution is -0.177. The molecule has 17 saturated carbocycles. The summed E-state index contributed by atoms with van der Waals surface area (Å²) in [6.07, 6.45) is 47.5. The lowest BCUT2D eigenvalue weighted by Gasteiger charge is -2.65. The smallest absolute Gasteiger partial charge is 0.302 e. The number of fused-ring (bicyclic) bond motifs is 23. The van der Waals surface area contributed by atoms with Crippen molar-refractivity contribution in [3.63, 3.8) is 0 Å². The molecule has 21 rings (SSSR count). The van der Waals surface area contributed by atoms with Crippen LogP contribution >= 0.6 is 31.9 Å². The number of aliphatic hydroxyl groups excluding tert-OH is 2. The molecule has 2 bridgehead atoms. The lowest BCUT2D eigenvalue weighted by Crippen LogP contribution is -2.66. The molecule has 2 N–H and O–H groups in total. The Morgan fingerprint density at radius 1 is 0.340 bits per heavy atom. The van der Waals surface area contributed by atoms with Gasteiger partial charge in [0.05, 0.1) is 39.5 Å². The standard InChI is InChI=1S/C23H33BrO5.C23H35BrO5.C23H34O5.C23H32O5.C23H34O4/c1-13(25)28-15-6-9-22-12-27-20(23(22,24)11-15)10-16-17-4-5-19(29-14(2)26)21(17,3)8-7-18(16)22;1-13(25)28-15-7-10-22(4)18-8-9-21(3)17(5-6-20(21)29-14(2)26)16(18)11-19(27)23(22,24)12-15;2*1-14(25)27-17-8-11-23(13-24)16(12-17)4-5-18-19-6-7-21(28-15(2)26)22(19,3)10-9-20(18)23;1-14(24)26-17-9-11-22(3)16(13-17)5-6-18-19-7-8-21(27-15(2)25)23(19,4)12-10-20(18)22/h15-20H,4-12H2,1-3H3;15-20,27H,5-12H2,1-4H3;4,17-21,24H,5-13H2,1-3H3;4,13,17-21H,5-12H2,1-3H3;5,17-21H,6-13H2,1-4H3/t15-,16?,17?,18?,19-,20+,21-,22-,23-;15-,16?,17?,18?,19+,20-,21-,22+,23-;2*17-,18?,19?,20?,21-,22-,23+;17-,18?,19?,20?,21-,22-,23-/m00000/s1. The first-order chi connectivity index (χ1) is 66.5. The molecule has 18 fully saturated rings. The molecular weight excluding hydrogens is 1930 g/mol. The van der Waals surface area contributed by atoms with Gasteiger partial charge in [-0.3, -0.25) is 47.9 Å². The Bertz CT molecular complexity index is 4790. The molecule has 1 aliphatic heterocycles. The van der Waals surface area contributed by atoms with Crippen LogP contribution in [0.2, 0.25) is 0 Å². The van der Waals surface area contributed by atoms with Gasteiger partial charge < -0.3 is 67.1 Å². The van der Waals surface area contributed by atoms with E-state index in [2.05, 4.69) is 98.6 Å². The topological polar surface area (TPSA) is 330 Å². The largest absolute Gasteiger partial charge is 0.463 e. The summed E-state index contributed by atoms with van der Waals surface area (Å²) >= 11 is 8.20. The number of carbonyl (C=O) groups excluding carboxylic acids is 11. The third kappa shape index (κ3) is 18.8. The fourth-order valence-electron chi connectivity index (χ4n) is 38.2. The molecule has 0 spiro atoms. The molecule has 21 aliphatic rings. The summed E-state index contributed by atoms with van der Waals surface area (Å²) in [7, 11) is 0. The lowest BCUT2D eigenvalue weighted by atomic mass is 9.44. The van der Waals surface area contributed by atoms with Crippen LogP contribution in [0.25, 0.3) is 0 Å². The van der Waals surface area contributed by atoms with Crippen LogP contribution in [-0.2, 0) is 105 Å². The number of aliphatic hydroxyl groups is 2. The Kier molecular flexibility index (Phi) is 30.6. The van der Waals surface area contributed by atoms with Gasteiger partial charge in [-0.05, 0) is 324 Å². The molecule has 15 unspecified atom stereocenters. The normalized spacial score (nSPS) is 47.9. The first kappa shape index (κ1) is 107. The third-order valence-electron chi connectivity index (χ3n) is 44.5. The van der Waals surface area contributed by atoms with E-state index in [9.17, 15) is 63.0 Å². The fraction of sp³-hybridized carbons (Fsp3) is 0.852. The first-order valence-corrected chi connectivity index (χ1v) is 56.7. The van der Waals surface area contributed by atoms with E-state index >= 15 is 0 Å². The quantitative estimate of drug-likeness (QED) is 0.0602. The van der Waals surface area contributed by atoms with E-state index in [0.29, 0.717) is 102 Å². The zero-order chi connectivity index (χ0) is 101. The van der Waals surface area contributed by atoms with Crippen molar-refractivity contribution in [3.8, 4) is 0 Å². The summed E-state index contributed by atoms with van der Waals surface area (Å²) < 4.78 is 62.3. The zero-order valence-electron chi connectivity index (χ0n) is 87.7. The number of ether oxygens (including phenoxy) is 11. The highest BCUT2D eigenvalue weighted by atomic mass is 79.9. The number of hydrogen-bond donors (Lipinski definition) is 2. The van der Waals surface area contributed by atoms with Gasteiger partial charge in [0.2, 0.25) is 0 Å². The summed E-state index contributed by atoms with van der Waals surface area (Å²) in [6, 6.07) is 0. The van der Waals surface area contributed by atoms with Gasteiger partial charge >= 0.3 is 59.7 Å². The second kappa shape index (κ2) is 40.4. The monoisotopic (exact) mass is 2090 g/mol. The second-order valence-electron chi connectivity index (χ2n) is 50.7. The van der Waals surface area contributed by atoms with E-state index in [4.69, 9.17) is 52.1 Å². The van der Waals surface area contributed by atoms with Crippen molar-refractivity contribution in [2.24, 2.45) is 143 Å². The number of aldehydes is 1. The van der Waals surface area contributed by atoms with E-state index in [-0.39, 0.29) is 192 Å². The van der Waals surface area contributed by atoms with E-state index in [1.807, 2.05) is 0 Å². The average Bonchev–Trinajstić information content (AvgIpc) is 1.46. The first-order valence-electron chi connectivity index (χ1n) is 55.1. The minimum atomic E-state index is -0.470. The molecule has 26 heteroatoms. The van der Waals surface area contributed by atoms with Crippen LogP contribution in [0.1, 0.15) is 375 Å². The fourth-order valence-corrected chi connectivity index (χ4v) is 40.5. The number of alkyl halides is 2. The van der Waals surface area contributed by atoms with Crippen molar-refractivity contribution in [2.75, 3.05) is 13.2 Å². The highest BCUT2D eigenvalue weighted by Gasteiger charge is 2.75. The maximum absolute atomic E-state index is 12.5. The summed E-state index contributed by atoms with van der Waals surface area (Å²) in [5.41, 5.74) is 4.19. The minimum Gasteiger partial charge on any atom is -0.463 e. The number of rotatable bonds is 12. The van der Waals surface area contributed by atoms with Crippen molar-refractivity contribution < 1.29 is 115 Å². The number of esters is 10. The van der Waals surface area contributed by atoms with Gasteiger partial charge in [-0.25, -0.2) is 0 Å². The molecular formula is C115H168Br2O24. The highest BCUT2D eigenvalue weighted by Crippen LogP contribution is 2.76. The van der Waals surface area contributed by atoms with Gasteiger partial charge in [-0.2, -0.15) is 0 Å². The van der Waals surface area contributed by atoms with Gasteiger partial charge in [0, 0.05) is 139 Å². The predicted molar refractivity (Wildman–Crippen MR) is 533 cm³/mol. The Labute approximate surface area is 855 Å². The van der Waals surface area contributed by atoms with Crippen LogP contribution < -0.4 is 0 Å². The summed E-state index contributed by atoms with van der Waals surface area (Å²) in [4.78, 5) is 128. The van der Waals surface area contributed by atoms with Crippen LogP contribution in [0, 0.1) is 143 Å². The van der Waals surface area contributed by atoms with Gasteiger partial charge in [-0.1, -0.05) is 115 Å². The number of halogens is 2. The maximum atomic E-state index is 12.5. The molecule has 39 atom stereocenters. The number of allylic oxidation sites excluding steroid dienone is 3. The Hall–Kier alpha value is -5.57. The van der Waals surface area contributed by atoms with Crippen molar-refractivity contribution in [2.45, 2.75) is 456 Å². The van der Waals surface area contributed by atoms with Crippen LogP contribution in [0.3, 0.4) is 0 Å². The Morgan fingerprint density at radius 3 is 1.11 bits per heavy atom. The molecule has 0 aromatic rings. The van der Waals surface area contributed by atoms with Crippen LogP contribution in [0.5, 0.6) is 0 Å². The Balaban J connectivity index is 0.000000121. The van der Waals surface area contributed by atoms with E-state index in [1.165, 1.54) is 105 Å². The SMILES string of the molecule is CC(=O)O[C@H]1CC[C@@]2(C)C(=CCC3C2CC[C@@]2(C)C3CC[C@@H]2OC(C)=O)C1.CC(=O)O[C@H]1CC[C@@]2(C=O)C(=CCC3C2CC[C@@]2(C)C3CC[C@@H]2OC(C)=O)C1.CC(=O)O[C@H]1CC[C@@]2(CO)C(=CCC3C2CC[C@@]2(C)C3CC[C@@H]2OC(C)=O)C1.CC(=O)O[C@H]1CC[C@]2(C)C3CC[C@@]4(C)C(CC[C@@H]4OC(C)=O)C3C[C@@H](O)[C@@]2(Br)C1.CC(=O)O[C@H]1CC[C@]23CO[C@H](CC4C2CC[C@@]2(C)C4CC[C@@H]2OC(C)=O)[C@@]3(Br)C1.